The number of carbonyl (C=O) groups excluding carboxylic acids is 1. The Morgan fingerprint density at radius 3 is 2.81 bits per heavy atom. The fourth-order valence-electron chi connectivity index (χ4n) is 4.80. The number of hydrazine groups is 1. The summed E-state index contributed by atoms with van der Waals surface area (Å²) in [5, 5.41) is 2.85. The minimum Gasteiger partial charge on any atom is -0.482 e. The molecule has 4 rings (SSSR count). The summed E-state index contributed by atoms with van der Waals surface area (Å²) in [5.41, 5.74) is 4.57. The van der Waals surface area contributed by atoms with Crippen LogP contribution >= 0.6 is 23.2 Å². The highest BCUT2D eigenvalue weighted by molar-refractivity contribution is 6.35. The third kappa shape index (κ3) is 3.18. The lowest BCUT2D eigenvalue weighted by Gasteiger charge is -2.43. The first-order chi connectivity index (χ1) is 12.6. The third-order valence-electron chi connectivity index (χ3n) is 5.99. The van der Waals surface area contributed by atoms with E-state index < -0.39 is 0 Å². The Labute approximate surface area is 164 Å². The highest BCUT2D eigenvalue weighted by Crippen LogP contribution is 2.49. The van der Waals surface area contributed by atoms with Crippen LogP contribution in [0.4, 0.5) is 0 Å². The predicted octanol–water partition coefficient (Wildman–Crippen LogP) is 5.11. The number of allylic oxidation sites excluding steroid dienone is 1. The van der Waals surface area contributed by atoms with Crippen LogP contribution in [0.1, 0.15) is 51.4 Å². The van der Waals surface area contributed by atoms with Gasteiger partial charge in [0.2, 0.25) is 0 Å². The zero-order valence-corrected chi connectivity index (χ0v) is 16.3. The molecular weight excluding hydrogens is 371 g/mol. The molecule has 0 unspecified atom stereocenters. The van der Waals surface area contributed by atoms with Gasteiger partial charge in [0.1, 0.15) is 5.75 Å². The van der Waals surface area contributed by atoms with E-state index in [9.17, 15) is 4.79 Å². The molecule has 4 nitrogen and oxygen atoms in total. The van der Waals surface area contributed by atoms with Crippen molar-refractivity contribution in [3.8, 4) is 5.75 Å². The number of amides is 1. The number of carbonyl (C=O) groups is 1. The molecule has 1 amide bonds. The molecule has 2 aliphatic carbocycles. The number of nitrogens with zero attached hydrogens (tertiary/aromatic N) is 1. The van der Waals surface area contributed by atoms with E-state index >= 15 is 0 Å². The number of hydrogen-bond donors (Lipinski definition) is 1. The van der Waals surface area contributed by atoms with E-state index in [0.29, 0.717) is 21.7 Å². The van der Waals surface area contributed by atoms with Crippen molar-refractivity contribution < 1.29 is 9.53 Å². The molecule has 6 heteroatoms. The van der Waals surface area contributed by atoms with Gasteiger partial charge in [0.05, 0.1) is 10.6 Å². The molecular formula is C20H24Cl2N2O2. The Balaban J connectivity index is 1.52. The second kappa shape index (κ2) is 7.32. The van der Waals surface area contributed by atoms with Crippen LogP contribution in [0.2, 0.25) is 10.0 Å². The van der Waals surface area contributed by atoms with Gasteiger partial charge in [0.25, 0.3) is 5.91 Å². The molecule has 0 bridgehead atoms. The lowest BCUT2D eigenvalue weighted by atomic mass is 9.69. The number of nitrogens with one attached hydrogen (secondary N) is 1. The molecule has 1 aromatic carbocycles. The molecule has 1 saturated carbocycles. The average molecular weight is 395 g/mol. The summed E-state index contributed by atoms with van der Waals surface area (Å²) in [5.74, 6) is 0.894. The van der Waals surface area contributed by atoms with Gasteiger partial charge in [-0.05, 0) is 50.3 Å². The molecule has 1 N–H and O–H groups in total. The van der Waals surface area contributed by atoms with Crippen molar-refractivity contribution in [3.63, 3.8) is 0 Å². The fraction of sp³-hybridized carbons (Fsp3) is 0.550. The van der Waals surface area contributed by atoms with Crippen molar-refractivity contribution in [2.75, 3.05) is 6.61 Å². The number of ether oxygens (including phenoxy) is 1. The van der Waals surface area contributed by atoms with Gasteiger partial charge in [-0.3, -0.25) is 10.2 Å². The van der Waals surface area contributed by atoms with Crippen LogP contribution in [0.15, 0.2) is 30.0 Å². The molecule has 2 fully saturated rings. The third-order valence-corrected chi connectivity index (χ3v) is 6.52. The highest BCUT2D eigenvalue weighted by Gasteiger charge is 2.53. The maximum Gasteiger partial charge on any atom is 0.279 e. The molecule has 26 heavy (non-hydrogen) atoms. The van der Waals surface area contributed by atoms with Crippen LogP contribution in [-0.4, -0.2) is 23.1 Å². The fourth-order valence-corrected chi connectivity index (χ4v) is 5.26. The minimum absolute atomic E-state index is 0.0316. The smallest absolute Gasteiger partial charge is 0.279 e. The van der Waals surface area contributed by atoms with Crippen molar-refractivity contribution >= 4 is 29.1 Å². The Kier molecular flexibility index (Phi) is 5.07. The van der Waals surface area contributed by atoms with E-state index in [2.05, 4.69) is 11.5 Å². The van der Waals surface area contributed by atoms with Crippen molar-refractivity contribution in [3.05, 3.63) is 40.0 Å². The largest absolute Gasteiger partial charge is 0.482 e. The molecule has 1 aromatic rings. The number of fused-ring (bicyclic) bond motifs is 2. The SMILES string of the molecule is O=C(COc1ccc(Cl)cc1Cl)N1NC2=CCCC[C@@H]2C12CCCCC2. The quantitative estimate of drug-likeness (QED) is 0.774. The molecule has 1 spiro atoms. The molecule has 0 aromatic heterocycles. The number of benzene rings is 1. The summed E-state index contributed by atoms with van der Waals surface area (Å²) in [6.45, 7) is -0.0316. The van der Waals surface area contributed by atoms with Crippen molar-refractivity contribution in [1.82, 2.24) is 10.4 Å². The van der Waals surface area contributed by atoms with Crippen LogP contribution in [0.3, 0.4) is 0 Å². The zero-order chi connectivity index (χ0) is 18.1. The maximum atomic E-state index is 13.1. The zero-order valence-electron chi connectivity index (χ0n) is 14.8. The van der Waals surface area contributed by atoms with Crippen LogP contribution in [0.25, 0.3) is 0 Å². The summed E-state index contributed by atoms with van der Waals surface area (Å²) in [4.78, 5) is 13.1. The van der Waals surface area contributed by atoms with E-state index in [0.717, 1.165) is 25.7 Å². The van der Waals surface area contributed by atoms with Crippen LogP contribution in [0, 0.1) is 5.92 Å². The molecule has 1 heterocycles. The summed E-state index contributed by atoms with van der Waals surface area (Å²) >= 11 is 12.1. The Hall–Kier alpha value is -1.39. The maximum absolute atomic E-state index is 13.1. The normalized spacial score (nSPS) is 24.0. The summed E-state index contributed by atoms with van der Waals surface area (Å²) in [7, 11) is 0. The van der Waals surface area contributed by atoms with Gasteiger partial charge in [0, 0.05) is 16.6 Å². The summed E-state index contributed by atoms with van der Waals surface area (Å²) in [6, 6.07) is 5.04. The summed E-state index contributed by atoms with van der Waals surface area (Å²) < 4.78 is 5.71. The van der Waals surface area contributed by atoms with Crippen molar-refractivity contribution in [1.29, 1.82) is 0 Å². The minimum atomic E-state index is -0.0886. The molecule has 140 valence electrons. The second-order valence-electron chi connectivity index (χ2n) is 7.51. The lowest BCUT2D eigenvalue weighted by molar-refractivity contribution is -0.143. The topological polar surface area (TPSA) is 41.6 Å². The van der Waals surface area contributed by atoms with E-state index in [1.165, 1.54) is 31.4 Å². The van der Waals surface area contributed by atoms with E-state index in [4.69, 9.17) is 27.9 Å². The molecule has 1 aliphatic heterocycles. The first-order valence-corrected chi connectivity index (χ1v) is 10.2. The Morgan fingerprint density at radius 2 is 2.04 bits per heavy atom. The van der Waals surface area contributed by atoms with Crippen molar-refractivity contribution in [2.24, 2.45) is 5.92 Å². The number of rotatable bonds is 3. The van der Waals surface area contributed by atoms with Gasteiger partial charge >= 0.3 is 0 Å². The van der Waals surface area contributed by atoms with Gasteiger partial charge < -0.3 is 4.74 Å². The number of hydrogen-bond acceptors (Lipinski definition) is 3. The van der Waals surface area contributed by atoms with E-state index in [1.54, 1.807) is 18.2 Å². The van der Waals surface area contributed by atoms with Gasteiger partial charge in [0.15, 0.2) is 6.61 Å². The van der Waals surface area contributed by atoms with Gasteiger partial charge in [-0.1, -0.05) is 48.5 Å². The molecule has 3 aliphatic rings. The van der Waals surface area contributed by atoms with Crippen LogP contribution in [-0.2, 0) is 4.79 Å². The summed E-state index contributed by atoms with van der Waals surface area (Å²) in [6.07, 6.45) is 11.5. The van der Waals surface area contributed by atoms with Crippen molar-refractivity contribution in [2.45, 2.75) is 56.9 Å². The molecule has 1 atom stereocenters. The number of halogens is 2. The van der Waals surface area contributed by atoms with E-state index in [-0.39, 0.29) is 18.1 Å². The van der Waals surface area contributed by atoms with Crippen LogP contribution in [0.5, 0.6) is 5.75 Å². The lowest BCUT2D eigenvalue weighted by Crippen LogP contribution is -2.56. The predicted molar refractivity (Wildman–Crippen MR) is 103 cm³/mol. The van der Waals surface area contributed by atoms with Gasteiger partial charge in [-0.2, -0.15) is 0 Å². The average Bonchev–Trinajstić information content (AvgIpc) is 2.96. The Bertz CT molecular complexity index is 729. The van der Waals surface area contributed by atoms with E-state index in [1.807, 2.05) is 5.01 Å². The first kappa shape index (κ1) is 18.0. The highest BCUT2D eigenvalue weighted by atomic mass is 35.5. The molecule has 0 radical (unpaired) electrons. The standard InChI is InChI=1S/C20H24Cl2N2O2/c21-14-8-9-18(16(22)12-14)26-13-19(25)24-20(10-4-1-5-11-20)15-6-2-3-7-17(15)23-24/h7-9,12,15,23H,1-6,10-11,13H2/t15-/m0/s1. The Morgan fingerprint density at radius 1 is 1.23 bits per heavy atom. The molecule has 1 saturated heterocycles. The monoisotopic (exact) mass is 394 g/mol. The first-order valence-electron chi connectivity index (χ1n) is 9.48. The van der Waals surface area contributed by atoms with Crippen LogP contribution < -0.4 is 10.2 Å². The van der Waals surface area contributed by atoms with Gasteiger partial charge in [-0.25, -0.2) is 5.01 Å². The second-order valence-corrected chi connectivity index (χ2v) is 8.36. The van der Waals surface area contributed by atoms with Gasteiger partial charge in [-0.15, -0.1) is 0 Å².